The molecule has 0 aliphatic heterocycles. The van der Waals surface area contributed by atoms with Gasteiger partial charge in [-0.3, -0.25) is 9.78 Å². The minimum Gasteiger partial charge on any atom is -0.298 e. The molecule has 11 heteroatoms. The number of ketones is 1. The summed E-state index contributed by atoms with van der Waals surface area (Å²) in [5.41, 5.74) is -1.21. The number of aromatic nitrogens is 1. The average molecular weight is 415 g/mol. The molecule has 0 saturated carbocycles. The van der Waals surface area contributed by atoms with Crippen LogP contribution in [0.25, 0.3) is 0 Å². The van der Waals surface area contributed by atoms with Gasteiger partial charge in [0.2, 0.25) is 10.0 Å². The molecule has 1 aromatic carbocycles. The molecule has 1 N–H and O–H groups in total. The number of sulfonamides is 1. The van der Waals surface area contributed by atoms with Crippen LogP contribution in [0.5, 0.6) is 0 Å². The van der Waals surface area contributed by atoms with Crippen molar-refractivity contribution in [2.24, 2.45) is 0 Å². The van der Waals surface area contributed by atoms with E-state index in [-0.39, 0.29) is 5.69 Å². The van der Waals surface area contributed by atoms with Gasteiger partial charge in [0.15, 0.2) is 5.78 Å². The van der Waals surface area contributed by atoms with Gasteiger partial charge in [0.25, 0.3) is 0 Å². The molecule has 148 valence electrons. The smallest absolute Gasteiger partial charge is 0.298 e. The Hall–Kier alpha value is -2.84. The summed E-state index contributed by atoms with van der Waals surface area (Å²) in [5, 5.41) is 9.13. The number of alkyl halides is 3. The Morgan fingerprint density at radius 1 is 1.21 bits per heavy atom. The molecule has 1 aromatic heterocycles. The van der Waals surface area contributed by atoms with Crippen molar-refractivity contribution in [1.29, 1.82) is 5.26 Å². The van der Waals surface area contributed by atoms with E-state index in [0.29, 0.717) is 12.3 Å². The minimum atomic E-state index is -4.61. The van der Waals surface area contributed by atoms with Gasteiger partial charge in [0, 0.05) is 19.2 Å². The number of nitrogens with one attached hydrogen (secondary N) is 1. The van der Waals surface area contributed by atoms with E-state index in [2.05, 4.69) is 4.98 Å². The number of nitrogens with zero attached hydrogens (tertiary/aromatic N) is 2. The van der Waals surface area contributed by atoms with Gasteiger partial charge >= 0.3 is 6.18 Å². The molecule has 6 nitrogen and oxygen atoms in total. The molecule has 2 rings (SSSR count). The van der Waals surface area contributed by atoms with E-state index in [0.717, 1.165) is 18.2 Å². The van der Waals surface area contributed by atoms with Gasteiger partial charge in [0.1, 0.15) is 16.6 Å². The second-order valence-electron chi connectivity index (χ2n) is 5.58. The van der Waals surface area contributed by atoms with Crippen molar-refractivity contribution in [2.75, 3.05) is 6.54 Å². The number of benzene rings is 1. The average Bonchev–Trinajstić information content (AvgIpc) is 2.62. The van der Waals surface area contributed by atoms with E-state index in [9.17, 15) is 30.8 Å². The third-order valence-electron chi connectivity index (χ3n) is 3.65. The lowest BCUT2D eigenvalue weighted by Gasteiger charge is -2.11. The number of Topliss-reactive ketones (excluding diaryl/α,β-unsaturated/α-hetero) is 1. The Kier molecular flexibility index (Phi) is 6.48. The number of nitriles is 1. The summed E-state index contributed by atoms with van der Waals surface area (Å²) >= 11 is 0. The van der Waals surface area contributed by atoms with Crippen LogP contribution in [0, 0.1) is 17.1 Å². The first-order chi connectivity index (χ1) is 13.1. The summed E-state index contributed by atoms with van der Waals surface area (Å²) in [5.74, 6) is -3.17. The highest BCUT2D eigenvalue weighted by atomic mass is 32.2. The number of carbonyl (C=O) groups excluding carboxylic acids is 1. The van der Waals surface area contributed by atoms with E-state index in [1.807, 2.05) is 4.72 Å². The van der Waals surface area contributed by atoms with Crippen LogP contribution in [-0.2, 0) is 21.0 Å². The quantitative estimate of drug-likeness (QED) is 0.701. The van der Waals surface area contributed by atoms with Gasteiger partial charge in [-0.25, -0.2) is 17.5 Å². The first kappa shape index (κ1) is 21.5. The zero-order valence-corrected chi connectivity index (χ0v) is 14.9. The Morgan fingerprint density at radius 3 is 2.43 bits per heavy atom. The lowest BCUT2D eigenvalue weighted by molar-refractivity contribution is -0.137. The number of rotatable bonds is 7. The van der Waals surface area contributed by atoms with Gasteiger partial charge in [-0.2, -0.15) is 18.4 Å². The molecular weight excluding hydrogens is 402 g/mol. The molecule has 1 heterocycles. The van der Waals surface area contributed by atoms with Gasteiger partial charge < -0.3 is 0 Å². The summed E-state index contributed by atoms with van der Waals surface area (Å²) in [6.07, 6.45) is -4.54. The zero-order chi connectivity index (χ0) is 20.9. The largest absolute Gasteiger partial charge is 0.417 e. The van der Waals surface area contributed by atoms with Crippen molar-refractivity contribution in [2.45, 2.75) is 23.4 Å². The molecule has 0 radical (unpaired) electrons. The summed E-state index contributed by atoms with van der Waals surface area (Å²) in [6.45, 7) is -0.422. The molecule has 0 aliphatic rings. The van der Waals surface area contributed by atoms with Crippen molar-refractivity contribution >= 4 is 15.8 Å². The summed E-state index contributed by atoms with van der Waals surface area (Å²) in [6, 6.07) is 7.89. The number of halogens is 4. The van der Waals surface area contributed by atoms with Crippen LogP contribution in [-0.4, -0.2) is 25.7 Å². The topological polar surface area (TPSA) is 99.9 Å². The highest BCUT2D eigenvalue weighted by Gasteiger charge is 2.31. The SMILES string of the molecule is N#C[C@H](C(=O)CCNS(=O)(=O)c1ccccc1F)c1ccc(C(F)(F)F)cn1. The number of hydrogen-bond acceptors (Lipinski definition) is 5. The molecule has 0 amide bonds. The third kappa shape index (κ3) is 5.11. The normalized spacial score (nSPS) is 13.0. The van der Waals surface area contributed by atoms with Crippen LogP contribution in [0.2, 0.25) is 0 Å². The maximum absolute atomic E-state index is 13.6. The molecule has 2 aromatic rings. The Balaban J connectivity index is 2.03. The number of pyridine rings is 1. The first-order valence-electron chi connectivity index (χ1n) is 7.76. The van der Waals surface area contributed by atoms with Crippen LogP contribution in [0.1, 0.15) is 23.6 Å². The lowest BCUT2D eigenvalue weighted by atomic mass is 9.98. The van der Waals surface area contributed by atoms with Crippen molar-refractivity contribution in [1.82, 2.24) is 9.71 Å². The second-order valence-corrected chi connectivity index (χ2v) is 7.31. The highest BCUT2D eigenvalue weighted by molar-refractivity contribution is 7.89. The molecule has 28 heavy (non-hydrogen) atoms. The highest BCUT2D eigenvalue weighted by Crippen LogP contribution is 2.29. The van der Waals surface area contributed by atoms with Crippen molar-refractivity contribution in [3.63, 3.8) is 0 Å². The molecule has 0 aliphatic carbocycles. The fourth-order valence-electron chi connectivity index (χ4n) is 2.24. The van der Waals surface area contributed by atoms with E-state index in [4.69, 9.17) is 5.26 Å². The number of carbonyl (C=O) groups is 1. The van der Waals surface area contributed by atoms with Crippen LogP contribution in [0.3, 0.4) is 0 Å². The summed E-state index contributed by atoms with van der Waals surface area (Å²) in [7, 11) is -4.21. The Morgan fingerprint density at radius 2 is 1.89 bits per heavy atom. The predicted octanol–water partition coefficient (Wildman–Crippen LogP) is 2.78. The van der Waals surface area contributed by atoms with Crippen LogP contribution < -0.4 is 4.72 Å². The predicted molar refractivity (Wildman–Crippen MR) is 88.8 cm³/mol. The van der Waals surface area contributed by atoms with Crippen LogP contribution >= 0.6 is 0 Å². The van der Waals surface area contributed by atoms with Crippen LogP contribution in [0.4, 0.5) is 17.6 Å². The van der Waals surface area contributed by atoms with Gasteiger partial charge in [-0.05, 0) is 24.3 Å². The lowest BCUT2D eigenvalue weighted by Crippen LogP contribution is -2.28. The summed E-state index contributed by atoms with van der Waals surface area (Å²) in [4.78, 5) is 15.1. The third-order valence-corrected chi connectivity index (χ3v) is 5.14. The fourth-order valence-corrected chi connectivity index (χ4v) is 3.35. The van der Waals surface area contributed by atoms with Crippen molar-refractivity contribution in [3.8, 4) is 6.07 Å². The second kappa shape index (κ2) is 8.45. The fraction of sp³-hybridized carbons (Fsp3) is 0.235. The maximum atomic E-state index is 13.6. The standard InChI is InChI=1S/C17H13F4N3O3S/c18-13-3-1-2-4-16(13)28(26,27)24-8-7-15(25)12(9-22)14-6-5-11(10-23-14)17(19,20)21/h1-6,10,12,24H,7-8H2/t12-/m0/s1. The number of hydrogen-bond donors (Lipinski definition) is 1. The van der Waals surface area contributed by atoms with E-state index < -0.39 is 57.1 Å². The van der Waals surface area contributed by atoms with Crippen molar-refractivity contribution < 1.29 is 30.8 Å². The molecule has 0 fully saturated rings. The zero-order valence-electron chi connectivity index (χ0n) is 14.1. The summed E-state index contributed by atoms with van der Waals surface area (Å²) < 4.78 is 77.3. The first-order valence-corrected chi connectivity index (χ1v) is 9.24. The van der Waals surface area contributed by atoms with Crippen molar-refractivity contribution in [3.05, 3.63) is 59.7 Å². The van der Waals surface area contributed by atoms with Gasteiger partial charge in [0.05, 0.1) is 17.3 Å². The van der Waals surface area contributed by atoms with Crippen LogP contribution in [0.15, 0.2) is 47.5 Å². The van der Waals surface area contributed by atoms with E-state index in [1.165, 1.54) is 12.1 Å². The minimum absolute atomic E-state index is 0.183. The molecule has 0 spiro atoms. The maximum Gasteiger partial charge on any atom is 0.417 e. The van der Waals surface area contributed by atoms with E-state index in [1.54, 1.807) is 6.07 Å². The molecule has 0 unspecified atom stereocenters. The van der Waals surface area contributed by atoms with E-state index >= 15 is 0 Å². The molecule has 0 saturated heterocycles. The molecular formula is C17H13F4N3O3S. The van der Waals surface area contributed by atoms with Gasteiger partial charge in [-0.15, -0.1) is 0 Å². The van der Waals surface area contributed by atoms with Gasteiger partial charge in [-0.1, -0.05) is 12.1 Å². The Bertz CT molecular complexity index is 1000. The molecule has 1 atom stereocenters. The monoisotopic (exact) mass is 415 g/mol. The molecule has 0 bridgehead atoms. The Labute approximate surface area is 157 Å².